The molecule has 5 heteroatoms. The Labute approximate surface area is 115 Å². The minimum atomic E-state index is -1.00. The third-order valence-electron chi connectivity index (χ3n) is 2.61. The number of amides is 1. The Balaban J connectivity index is 2.80. The molecule has 1 unspecified atom stereocenters. The van der Waals surface area contributed by atoms with Crippen LogP contribution < -0.4 is 5.32 Å². The molecule has 1 atom stereocenters. The summed E-state index contributed by atoms with van der Waals surface area (Å²) in [4.78, 5) is 22.9. The van der Waals surface area contributed by atoms with Crippen LogP contribution in [-0.4, -0.2) is 23.0 Å². The van der Waals surface area contributed by atoms with Crippen molar-refractivity contribution in [3.63, 3.8) is 0 Å². The van der Waals surface area contributed by atoms with E-state index in [4.69, 9.17) is 5.11 Å². The highest BCUT2D eigenvalue weighted by molar-refractivity contribution is 9.10. The van der Waals surface area contributed by atoms with Crippen molar-refractivity contribution in [3.05, 3.63) is 33.8 Å². The van der Waals surface area contributed by atoms with E-state index in [-0.39, 0.29) is 5.91 Å². The molecular formula is C13H16BrNO3. The summed E-state index contributed by atoms with van der Waals surface area (Å²) in [6.45, 7) is 3.80. The van der Waals surface area contributed by atoms with E-state index in [1.54, 1.807) is 12.1 Å². The molecule has 98 valence electrons. The highest BCUT2D eigenvalue weighted by Gasteiger charge is 2.19. The molecule has 0 aliphatic carbocycles. The van der Waals surface area contributed by atoms with Crippen molar-refractivity contribution in [1.29, 1.82) is 0 Å². The van der Waals surface area contributed by atoms with Gasteiger partial charge in [-0.15, -0.1) is 0 Å². The second kappa shape index (κ2) is 6.54. The van der Waals surface area contributed by atoms with Gasteiger partial charge in [0.05, 0.1) is 0 Å². The van der Waals surface area contributed by atoms with Crippen molar-refractivity contribution in [2.24, 2.45) is 0 Å². The van der Waals surface area contributed by atoms with Crippen LogP contribution in [0, 0.1) is 6.92 Å². The van der Waals surface area contributed by atoms with Crippen molar-refractivity contribution in [3.8, 4) is 0 Å². The Morgan fingerprint density at radius 1 is 1.44 bits per heavy atom. The van der Waals surface area contributed by atoms with Gasteiger partial charge in [0.25, 0.3) is 5.91 Å². The summed E-state index contributed by atoms with van der Waals surface area (Å²) in [5, 5.41) is 11.5. The van der Waals surface area contributed by atoms with Crippen LogP contribution in [0.5, 0.6) is 0 Å². The number of hydrogen-bond acceptors (Lipinski definition) is 2. The lowest BCUT2D eigenvalue weighted by Crippen LogP contribution is -2.40. The van der Waals surface area contributed by atoms with Gasteiger partial charge in [-0.25, -0.2) is 4.79 Å². The zero-order valence-electron chi connectivity index (χ0n) is 10.4. The number of hydrogen-bond donors (Lipinski definition) is 2. The molecule has 2 N–H and O–H groups in total. The van der Waals surface area contributed by atoms with Crippen LogP contribution in [0.25, 0.3) is 0 Å². The number of nitrogens with one attached hydrogen (secondary N) is 1. The normalized spacial score (nSPS) is 11.9. The highest BCUT2D eigenvalue weighted by Crippen LogP contribution is 2.17. The molecule has 0 radical (unpaired) electrons. The van der Waals surface area contributed by atoms with Gasteiger partial charge in [0.15, 0.2) is 0 Å². The largest absolute Gasteiger partial charge is 0.480 e. The summed E-state index contributed by atoms with van der Waals surface area (Å²) >= 11 is 3.34. The van der Waals surface area contributed by atoms with E-state index in [9.17, 15) is 9.59 Å². The molecule has 0 aliphatic heterocycles. The average molecular weight is 314 g/mol. The number of carboxylic acid groups (broad SMARTS) is 1. The van der Waals surface area contributed by atoms with Crippen LogP contribution in [0.4, 0.5) is 0 Å². The third-order valence-corrected chi connectivity index (χ3v) is 3.47. The number of carboxylic acids is 1. The van der Waals surface area contributed by atoms with E-state index in [1.807, 2.05) is 19.9 Å². The summed E-state index contributed by atoms with van der Waals surface area (Å²) in [7, 11) is 0. The van der Waals surface area contributed by atoms with Crippen molar-refractivity contribution < 1.29 is 14.7 Å². The maximum atomic E-state index is 11.9. The molecule has 0 fully saturated rings. The molecule has 0 aliphatic rings. The molecule has 1 rings (SSSR count). The number of halogens is 1. The lowest BCUT2D eigenvalue weighted by Gasteiger charge is -2.13. The minimum absolute atomic E-state index is 0.364. The summed E-state index contributed by atoms with van der Waals surface area (Å²) < 4.78 is 0.831. The Hall–Kier alpha value is -1.36. The van der Waals surface area contributed by atoms with Gasteiger partial charge >= 0.3 is 5.97 Å². The second-order valence-corrected chi connectivity index (χ2v) is 4.97. The fourth-order valence-corrected chi connectivity index (χ4v) is 1.90. The predicted octanol–water partition coefficient (Wildman–Crippen LogP) is 2.74. The lowest BCUT2D eigenvalue weighted by atomic mass is 10.1. The van der Waals surface area contributed by atoms with Crippen LogP contribution in [-0.2, 0) is 4.79 Å². The van der Waals surface area contributed by atoms with Gasteiger partial charge in [0.1, 0.15) is 6.04 Å². The van der Waals surface area contributed by atoms with Crippen LogP contribution in [0.15, 0.2) is 22.7 Å². The topological polar surface area (TPSA) is 66.4 Å². The second-order valence-electron chi connectivity index (χ2n) is 4.12. The van der Waals surface area contributed by atoms with Crippen molar-refractivity contribution in [2.75, 3.05) is 0 Å². The molecule has 0 heterocycles. The Bertz CT molecular complexity index is 460. The Morgan fingerprint density at radius 3 is 2.61 bits per heavy atom. The van der Waals surface area contributed by atoms with E-state index in [1.165, 1.54) is 0 Å². The first kappa shape index (κ1) is 14.7. The van der Waals surface area contributed by atoms with Gasteiger partial charge < -0.3 is 10.4 Å². The molecule has 1 aromatic rings. The van der Waals surface area contributed by atoms with Gasteiger partial charge in [0, 0.05) is 10.0 Å². The maximum absolute atomic E-state index is 11.9. The molecule has 0 spiro atoms. The quantitative estimate of drug-likeness (QED) is 0.878. The molecule has 18 heavy (non-hydrogen) atoms. The number of carbonyl (C=O) groups is 2. The average Bonchev–Trinajstić information content (AvgIpc) is 2.31. The zero-order chi connectivity index (χ0) is 13.7. The van der Waals surface area contributed by atoms with Crippen molar-refractivity contribution in [2.45, 2.75) is 32.7 Å². The van der Waals surface area contributed by atoms with E-state index in [0.29, 0.717) is 18.4 Å². The van der Waals surface area contributed by atoms with E-state index in [0.717, 1.165) is 10.0 Å². The van der Waals surface area contributed by atoms with E-state index >= 15 is 0 Å². The van der Waals surface area contributed by atoms with Gasteiger partial charge in [0.2, 0.25) is 0 Å². The summed E-state index contributed by atoms with van der Waals surface area (Å²) in [5.74, 6) is -1.37. The van der Waals surface area contributed by atoms with Crippen LogP contribution in [0.1, 0.15) is 35.7 Å². The number of aryl methyl sites for hydroxylation is 1. The van der Waals surface area contributed by atoms with Gasteiger partial charge in [-0.05, 0) is 31.0 Å². The molecule has 0 aromatic heterocycles. The SMILES string of the molecule is CCCC(NC(=O)c1ccc(C)c(Br)c1)C(=O)O. The zero-order valence-corrected chi connectivity index (χ0v) is 12.0. The molecule has 0 saturated carbocycles. The summed E-state index contributed by atoms with van der Waals surface area (Å²) in [5.41, 5.74) is 1.48. The molecule has 1 aromatic carbocycles. The number of aliphatic carboxylic acids is 1. The number of carbonyl (C=O) groups excluding carboxylic acids is 1. The van der Waals surface area contributed by atoms with Crippen molar-refractivity contribution in [1.82, 2.24) is 5.32 Å². The minimum Gasteiger partial charge on any atom is -0.480 e. The Morgan fingerprint density at radius 2 is 2.11 bits per heavy atom. The third kappa shape index (κ3) is 3.84. The van der Waals surface area contributed by atoms with E-state index in [2.05, 4.69) is 21.2 Å². The summed E-state index contributed by atoms with van der Waals surface area (Å²) in [6, 6.07) is 4.35. The maximum Gasteiger partial charge on any atom is 0.326 e. The van der Waals surface area contributed by atoms with Crippen LogP contribution >= 0.6 is 15.9 Å². The first-order valence-corrected chi connectivity index (χ1v) is 6.54. The number of rotatable bonds is 5. The fraction of sp³-hybridized carbons (Fsp3) is 0.385. The fourth-order valence-electron chi connectivity index (χ4n) is 1.52. The van der Waals surface area contributed by atoms with Crippen LogP contribution in [0.2, 0.25) is 0 Å². The van der Waals surface area contributed by atoms with Gasteiger partial charge in [-0.3, -0.25) is 4.79 Å². The lowest BCUT2D eigenvalue weighted by molar-refractivity contribution is -0.139. The highest BCUT2D eigenvalue weighted by atomic mass is 79.9. The number of benzene rings is 1. The van der Waals surface area contributed by atoms with Gasteiger partial charge in [-0.2, -0.15) is 0 Å². The molecule has 0 bridgehead atoms. The summed E-state index contributed by atoms with van der Waals surface area (Å²) in [6.07, 6.45) is 1.13. The standard InChI is InChI=1S/C13H16BrNO3/c1-3-4-11(13(17)18)15-12(16)9-6-5-8(2)10(14)7-9/h5-7,11H,3-4H2,1-2H3,(H,15,16)(H,17,18). The smallest absolute Gasteiger partial charge is 0.326 e. The molecule has 4 nitrogen and oxygen atoms in total. The predicted molar refractivity (Wildman–Crippen MR) is 72.7 cm³/mol. The molecule has 1 amide bonds. The van der Waals surface area contributed by atoms with Crippen molar-refractivity contribution >= 4 is 27.8 Å². The monoisotopic (exact) mass is 313 g/mol. The van der Waals surface area contributed by atoms with E-state index < -0.39 is 12.0 Å². The van der Waals surface area contributed by atoms with Gasteiger partial charge in [-0.1, -0.05) is 35.3 Å². The first-order valence-electron chi connectivity index (χ1n) is 5.75. The molecular weight excluding hydrogens is 298 g/mol. The Kier molecular flexibility index (Phi) is 5.34. The first-order chi connectivity index (χ1) is 8.45. The van der Waals surface area contributed by atoms with Crippen LogP contribution in [0.3, 0.4) is 0 Å². The molecule has 0 saturated heterocycles.